The van der Waals surface area contributed by atoms with E-state index in [2.05, 4.69) is 4.74 Å². The summed E-state index contributed by atoms with van der Waals surface area (Å²) in [6.07, 6.45) is 1.72. The number of aliphatic carboxylic acids is 1. The van der Waals surface area contributed by atoms with Crippen LogP contribution in [0.5, 0.6) is 0 Å². The molecule has 0 bridgehead atoms. The molecule has 0 heterocycles. The zero-order valence-corrected chi connectivity index (χ0v) is 9.56. The van der Waals surface area contributed by atoms with Gasteiger partial charge in [0.2, 0.25) is 0 Å². The van der Waals surface area contributed by atoms with Crippen molar-refractivity contribution in [3.63, 3.8) is 0 Å². The van der Waals surface area contributed by atoms with Crippen LogP contribution in [0.3, 0.4) is 0 Å². The molecule has 0 N–H and O–H groups in total. The van der Waals surface area contributed by atoms with Crippen molar-refractivity contribution in [2.45, 2.75) is 19.3 Å². The van der Waals surface area contributed by atoms with E-state index < -0.39 is 11.9 Å². The molecule has 1 aliphatic carbocycles. The third kappa shape index (κ3) is 2.30. The Morgan fingerprint density at radius 3 is 2.76 bits per heavy atom. The predicted molar refractivity (Wildman–Crippen MR) is 58.3 cm³/mol. The molecule has 0 spiro atoms. The summed E-state index contributed by atoms with van der Waals surface area (Å²) < 4.78 is 4.64. The Balaban J connectivity index is 2.25. The molecule has 2 rings (SSSR count). The molecule has 1 atom stereocenters. The number of hydrogen-bond donors (Lipinski definition) is 0. The lowest BCUT2D eigenvalue weighted by atomic mass is 9.83. The van der Waals surface area contributed by atoms with Gasteiger partial charge in [-0.3, -0.25) is 0 Å². The molecule has 0 radical (unpaired) electrons. The highest BCUT2D eigenvalue weighted by Crippen LogP contribution is 2.26. The summed E-state index contributed by atoms with van der Waals surface area (Å²) in [5.74, 6) is -1.77. The predicted octanol–water partition coefficient (Wildman–Crippen LogP) is 0.328. The van der Waals surface area contributed by atoms with Crippen LogP contribution in [0.1, 0.15) is 27.9 Å². The minimum absolute atomic E-state index is 0.366. The smallest absolute Gasteiger partial charge is 0.337 e. The third-order valence-corrected chi connectivity index (χ3v) is 3.19. The van der Waals surface area contributed by atoms with Crippen LogP contribution in [0.4, 0.5) is 0 Å². The summed E-state index contributed by atoms with van der Waals surface area (Å²) in [6.45, 7) is 0. The number of carboxylic acid groups (broad SMARTS) is 1. The number of carbonyl (C=O) groups excluding carboxylic acids is 2. The van der Waals surface area contributed by atoms with Gasteiger partial charge in [-0.2, -0.15) is 0 Å². The Bertz CT molecular complexity index is 464. The average molecular weight is 233 g/mol. The van der Waals surface area contributed by atoms with E-state index in [4.69, 9.17) is 0 Å². The fraction of sp³-hybridized carbons (Fsp3) is 0.385. The van der Waals surface area contributed by atoms with E-state index in [9.17, 15) is 14.7 Å². The van der Waals surface area contributed by atoms with E-state index in [0.717, 1.165) is 11.1 Å². The van der Waals surface area contributed by atoms with Crippen molar-refractivity contribution in [1.29, 1.82) is 0 Å². The van der Waals surface area contributed by atoms with Crippen molar-refractivity contribution in [2.75, 3.05) is 7.11 Å². The number of ether oxygens (including phenoxy) is 1. The summed E-state index contributed by atoms with van der Waals surface area (Å²) in [4.78, 5) is 22.1. The van der Waals surface area contributed by atoms with Crippen LogP contribution in [0, 0.1) is 5.92 Å². The zero-order chi connectivity index (χ0) is 12.4. The summed E-state index contributed by atoms with van der Waals surface area (Å²) in [5.41, 5.74) is 2.53. The topological polar surface area (TPSA) is 66.4 Å². The first kappa shape index (κ1) is 11.6. The van der Waals surface area contributed by atoms with Gasteiger partial charge in [-0.25, -0.2) is 4.79 Å². The molecule has 1 aromatic rings. The van der Waals surface area contributed by atoms with Crippen LogP contribution in [-0.2, 0) is 22.4 Å². The molecular weight excluding hydrogens is 220 g/mol. The molecule has 0 aliphatic heterocycles. The fourth-order valence-electron chi connectivity index (χ4n) is 2.20. The summed E-state index contributed by atoms with van der Waals surface area (Å²) in [5, 5.41) is 10.8. The maximum atomic E-state index is 11.3. The van der Waals surface area contributed by atoms with Gasteiger partial charge in [0.1, 0.15) is 0 Å². The van der Waals surface area contributed by atoms with Gasteiger partial charge < -0.3 is 14.6 Å². The molecule has 17 heavy (non-hydrogen) atoms. The van der Waals surface area contributed by atoms with Crippen LogP contribution in [0.2, 0.25) is 0 Å². The van der Waals surface area contributed by atoms with E-state index in [-0.39, 0.29) is 5.97 Å². The lowest BCUT2D eigenvalue weighted by molar-refractivity contribution is -0.311. The number of esters is 1. The second-order valence-electron chi connectivity index (χ2n) is 4.23. The van der Waals surface area contributed by atoms with E-state index in [0.29, 0.717) is 24.8 Å². The van der Waals surface area contributed by atoms with Gasteiger partial charge in [-0.05, 0) is 42.5 Å². The molecule has 4 nitrogen and oxygen atoms in total. The molecule has 90 valence electrons. The highest BCUT2D eigenvalue weighted by atomic mass is 16.5. The van der Waals surface area contributed by atoms with E-state index in [1.165, 1.54) is 7.11 Å². The van der Waals surface area contributed by atoms with Crippen molar-refractivity contribution < 1.29 is 19.4 Å². The number of carboxylic acids is 1. The monoisotopic (exact) mass is 233 g/mol. The van der Waals surface area contributed by atoms with Crippen LogP contribution < -0.4 is 5.11 Å². The maximum Gasteiger partial charge on any atom is 0.337 e. The number of methoxy groups -OCH3 is 1. The minimum atomic E-state index is -0.993. The number of fused-ring (bicyclic) bond motifs is 1. The second kappa shape index (κ2) is 4.57. The molecule has 0 saturated carbocycles. The number of aryl methyl sites for hydroxylation is 1. The highest BCUT2D eigenvalue weighted by Gasteiger charge is 2.20. The van der Waals surface area contributed by atoms with Crippen LogP contribution in [-0.4, -0.2) is 19.0 Å². The van der Waals surface area contributed by atoms with Gasteiger partial charge in [0.25, 0.3) is 0 Å². The Hall–Kier alpha value is -1.84. The Morgan fingerprint density at radius 2 is 2.12 bits per heavy atom. The first-order valence-electron chi connectivity index (χ1n) is 5.53. The zero-order valence-electron chi connectivity index (χ0n) is 9.56. The van der Waals surface area contributed by atoms with E-state index in [1.54, 1.807) is 18.2 Å². The summed E-state index contributed by atoms with van der Waals surface area (Å²) in [7, 11) is 1.34. The van der Waals surface area contributed by atoms with Crippen LogP contribution in [0.15, 0.2) is 18.2 Å². The molecule has 0 fully saturated rings. The van der Waals surface area contributed by atoms with Crippen molar-refractivity contribution in [3.8, 4) is 0 Å². The summed E-state index contributed by atoms with van der Waals surface area (Å²) >= 11 is 0. The molecule has 1 unspecified atom stereocenters. The minimum Gasteiger partial charge on any atom is -0.550 e. The Morgan fingerprint density at radius 1 is 1.35 bits per heavy atom. The first-order valence-corrected chi connectivity index (χ1v) is 5.53. The van der Waals surface area contributed by atoms with Gasteiger partial charge in [0, 0.05) is 11.9 Å². The molecule has 4 heteroatoms. The molecule has 1 aliphatic rings. The molecular formula is C13H13O4-. The van der Waals surface area contributed by atoms with Gasteiger partial charge in [0.15, 0.2) is 0 Å². The first-order chi connectivity index (χ1) is 8.11. The van der Waals surface area contributed by atoms with Crippen molar-refractivity contribution in [3.05, 3.63) is 34.9 Å². The van der Waals surface area contributed by atoms with Crippen LogP contribution >= 0.6 is 0 Å². The van der Waals surface area contributed by atoms with Gasteiger partial charge in [-0.15, -0.1) is 0 Å². The quantitative estimate of drug-likeness (QED) is 0.690. The van der Waals surface area contributed by atoms with Crippen molar-refractivity contribution >= 4 is 11.9 Å². The van der Waals surface area contributed by atoms with Crippen LogP contribution in [0.25, 0.3) is 0 Å². The number of hydrogen-bond acceptors (Lipinski definition) is 4. The molecule has 0 amide bonds. The van der Waals surface area contributed by atoms with E-state index in [1.807, 2.05) is 0 Å². The van der Waals surface area contributed by atoms with Crippen molar-refractivity contribution in [2.24, 2.45) is 5.92 Å². The fourth-order valence-corrected chi connectivity index (χ4v) is 2.20. The third-order valence-electron chi connectivity index (χ3n) is 3.19. The normalized spacial score (nSPS) is 18.3. The Labute approximate surface area is 99.2 Å². The lowest BCUT2D eigenvalue weighted by Crippen LogP contribution is -2.34. The maximum absolute atomic E-state index is 11.3. The second-order valence-corrected chi connectivity index (χ2v) is 4.23. The summed E-state index contributed by atoms with van der Waals surface area (Å²) in [6, 6.07) is 5.26. The highest BCUT2D eigenvalue weighted by molar-refractivity contribution is 5.89. The van der Waals surface area contributed by atoms with Gasteiger partial charge in [-0.1, -0.05) is 6.07 Å². The van der Waals surface area contributed by atoms with E-state index >= 15 is 0 Å². The number of rotatable bonds is 2. The average Bonchev–Trinajstić information content (AvgIpc) is 2.36. The molecule has 0 aromatic heterocycles. The number of benzene rings is 1. The van der Waals surface area contributed by atoms with Gasteiger partial charge in [0.05, 0.1) is 12.7 Å². The lowest BCUT2D eigenvalue weighted by Gasteiger charge is -2.25. The standard InChI is InChI=1S/C13H14O4/c1-17-13(16)11-5-3-8-6-10(12(14)15)4-2-9(8)7-11/h3,5,7,10H,2,4,6H2,1H3,(H,14,15)/p-1. The largest absolute Gasteiger partial charge is 0.550 e. The Kier molecular flexibility index (Phi) is 3.13. The molecule has 1 aromatic carbocycles. The molecule has 0 saturated heterocycles. The van der Waals surface area contributed by atoms with Gasteiger partial charge >= 0.3 is 5.97 Å². The van der Waals surface area contributed by atoms with Crippen molar-refractivity contribution in [1.82, 2.24) is 0 Å². The SMILES string of the molecule is COC(=O)c1ccc2c(c1)CCC(C(=O)[O-])C2. The number of carbonyl (C=O) groups is 2.